The van der Waals surface area contributed by atoms with Gasteiger partial charge in [-0.3, -0.25) is 14.2 Å². The fraction of sp³-hybridized carbons (Fsp3) is 0.355. The third kappa shape index (κ3) is 5.82. The molecule has 6 rings (SSSR count). The van der Waals surface area contributed by atoms with E-state index < -0.39 is 0 Å². The number of nitrogens with one attached hydrogen (secondary N) is 1. The molecule has 1 atom stereocenters. The number of aromatic nitrogens is 3. The van der Waals surface area contributed by atoms with Gasteiger partial charge in [-0.25, -0.2) is 4.98 Å². The molecule has 0 spiro atoms. The summed E-state index contributed by atoms with van der Waals surface area (Å²) in [6.07, 6.45) is 7.27. The van der Waals surface area contributed by atoms with Crippen LogP contribution >= 0.6 is 23.1 Å². The van der Waals surface area contributed by atoms with Gasteiger partial charge in [-0.15, -0.1) is 11.3 Å². The first-order valence-electron chi connectivity index (χ1n) is 13.9. The summed E-state index contributed by atoms with van der Waals surface area (Å²) >= 11 is 3.70. The first kappa shape index (κ1) is 27.7. The number of rotatable bonds is 7. The lowest BCUT2D eigenvalue weighted by Gasteiger charge is -2.29. The maximum Gasteiger partial charge on any atom is 0.265 e. The minimum absolute atomic E-state index is 0.116. The van der Waals surface area contributed by atoms with E-state index in [1.807, 2.05) is 11.8 Å². The number of hydrogen-bond donors (Lipinski definition) is 1. The fourth-order valence-electron chi connectivity index (χ4n) is 5.44. The Bertz CT molecular complexity index is 1670. The summed E-state index contributed by atoms with van der Waals surface area (Å²) in [5.41, 5.74) is 4.86. The highest BCUT2D eigenvalue weighted by atomic mass is 32.2. The predicted molar refractivity (Wildman–Crippen MR) is 169 cm³/mol. The molecule has 1 aromatic carbocycles. The number of carbonyl (C=O) groups is 1. The number of nitrogens with zero attached hydrogens (tertiary/aromatic N) is 5. The first-order chi connectivity index (χ1) is 19.9. The second-order valence-corrected chi connectivity index (χ2v) is 13.1. The largest absolute Gasteiger partial charge is 0.345 e. The Morgan fingerprint density at radius 3 is 2.76 bits per heavy atom. The SMILES string of the molecule is CN1CCSC(c2ccc(Nc3ncc4cc(C(=O)N(C)C)c(=O)n(Cc5ccsc5C5=CCCC5)c4n3)cc2)C1. The van der Waals surface area contributed by atoms with Crippen molar-refractivity contribution in [1.82, 2.24) is 24.3 Å². The Labute approximate surface area is 248 Å². The van der Waals surface area contributed by atoms with Crippen LogP contribution in [0.1, 0.15) is 50.9 Å². The van der Waals surface area contributed by atoms with E-state index in [0.717, 1.165) is 49.4 Å². The van der Waals surface area contributed by atoms with E-state index in [4.69, 9.17) is 4.98 Å². The van der Waals surface area contributed by atoms with Crippen LogP contribution in [-0.4, -0.2) is 70.2 Å². The van der Waals surface area contributed by atoms with Crippen LogP contribution in [0.4, 0.5) is 11.6 Å². The molecule has 0 saturated carbocycles. The number of anilines is 2. The van der Waals surface area contributed by atoms with Crippen LogP contribution in [0.2, 0.25) is 0 Å². The van der Waals surface area contributed by atoms with Gasteiger partial charge in [0.25, 0.3) is 11.5 Å². The van der Waals surface area contributed by atoms with Crippen molar-refractivity contribution >= 4 is 57.2 Å². The fourth-order valence-corrected chi connectivity index (χ4v) is 7.84. The summed E-state index contributed by atoms with van der Waals surface area (Å²) in [7, 11) is 5.48. The Morgan fingerprint density at radius 2 is 2.02 bits per heavy atom. The molecule has 10 heteroatoms. The number of carbonyl (C=O) groups excluding carboxylic acids is 1. The average molecular weight is 587 g/mol. The molecule has 2 aliphatic rings. The molecule has 1 aliphatic heterocycles. The molecular formula is C31H34N6O2S2. The molecule has 3 aromatic heterocycles. The molecular weight excluding hydrogens is 553 g/mol. The van der Waals surface area contributed by atoms with E-state index in [-0.39, 0.29) is 17.0 Å². The molecule has 1 aliphatic carbocycles. The van der Waals surface area contributed by atoms with E-state index in [1.165, 1.54) is 20.9 Å². The maximum absolute atomic E-state index is 13.8. The van der Waals surface area contributed by atoms with E-state index in [2.05, 4.69) is 64.0 Å². The normalized spacial score (nSPS) is 17.5. The lowest BCUT2D eigenvalue weighted by Crippen LogP contribution is -2.33. The van der Waals surface area contributed by atoms with Crippen LogP contribution in [0.15, 0.2) is 58.8 Å². The molecule has 1 unspecified atom stereocenters. The highest BCUT2D eigenvalue weighted by Crippen LogP contribution is 2.35. The molecule has 0 bridgehead atoms. The third-order valence-electron chi connectivity index (χ3n) is 7.68. The van der Waals surface area contributed by atoms with Crippen LogP contribution in [0.3, 0.4) is 0 Å². The summed E-state index contributed by atoms with van der Waals surface area (Å²) in [5, 5.41) is 6.50. The number of benzene rings is 1. The van der Waals surface area contributed by atoms with Gasteiger partial charge in [-0.05, 0) is 72.7 Å². The van der Waals surface area contributed by atoms with Crippen molar-refractivity contribution in [3.63, 3.8) is 0 Å². The number of likely N-dealkylation sites (N-methyl/N-ethyl adjacent to an activating group) is 1. The van der Waals surface area contributed by atoms with Crippen LogP contribution in [0, 0.1) is 0 Å². The monoisotopic (exact) mass is 586 g/mol. The van der Waals surface area contributed by atoms with Gasteiger partial charge in [0.2, 0.25) is 5.95 Å². The quantitative estimate of drug-likeness (QED) is 0.300. The highest BCUT2D eigenvalue weighted by Gasteiger charge is 2.22. The average Bonchev–Trinajstić information content (AvgIpc) is 3.67. The number of fused-ring (bicyclic) bond motifs is 1. The van der Waals surface area contributed by atoms with Crippen molar-refractivity contribution in [2.45, 2.75) is 31.1 Å². The number of pyridine rings is 1. The topological polar surface area (TPSA) is 83.4 Å². The molecule has 1 N–H and O–H groups in total. The van der Waals surface area contributed by atoms with Crippen molar-refractivity contribution in [2.75, 3.05) is 45.3 Å². The van der Waals surface area contributed by atoms with Crippen molar-refractivity contribution in [3.05, 3.63) is 86.0 Å². The lowest BCUT2D eigenvalue weighted by atomic mass is 10.1. The van der Waals surface area contributed by atoms with E-state index in [0.29, 0.717) is 28.8 Å². The number of thiophene rings is 1. The summed E-state index contributed by atoms with van der Waals surface area (Å²) in [6, 6.07) is 12.1. The minimum Gasteiger partial charge on any atom is -0.345 e. The van der Waals surface area contributed by atoms with Crippen molar-refractivity contribution in [1.29, 1.82) is 0 Å². The zero-order chi connectivity index (χ0) is 28.5. The van der Waals surface area contributed by atoms with E-state index in [9.17, 15) is 9.59 Å². The van der Waals surface area contributed by atoms with Gasteiger partial charge in [0.05, 0.1) is 6.54 Å². The second-order valence-electron chi connectivity index (χ2n) is 10.9. The molecule has 212 valence electrons. The zero-order valence-corrected chi connectivity index (χ0v) is 25.2. The second kappa shape index (κ2) is 11.8. The molecule has 1 fully saturated rings. The van der Waals surface area contributed by atoms with E-state index >= 15 is 0 Å². The highest BCUT2D eigenvalue weighted by molar-refractivity contribution is 7.99. The number of hydrogen-bond acceptors (Lipinski definition) is 8. The molecule has 1 amide bonds. The van der Waals surface area contributed by atoms with Gasteiger partial charge in [-0.1, -0.05) is 18.2 Å². The number of allylic oxidation sites excluding steroid dienone is 2. The molecule has 1 saturated heterocycles. The van der Waals surface area contributed by atoms with Crippen LogP contribution in [-0.2, 0) is 6.54 Å². The van der Waals surface area contributed by atoms with Crippen LogP contribution in [0.5, 0.6) is 0 Å². The smallest absolute Gasteiger partial charge is 0.265 e. The molecule has 4 heterocycles. The zero-order valence-electron chi connectivity index (χ0n) is 23.6. The van der Waals surface area contributed by atoms with Gasteiger partial charge in [0.1, 0.15) is 11.2 Å². The molecule has 0 radical (unpaired) electrons. The van der Waals surface area contributed by atoms with Crippen molar-refractivity contribution in [2.24, 2.45) is 0 Å². The van der Waals surface area contributed by atoms with Gasteiger partial charge in [0, 0.05) is 60.3 Å². The Morgan fingerprint density at radius 1 is 1.20 bits per heavy atom. The van der Waals surface area contributed by atoms with Crippen LogP contribution in [0.25, 0.3) is 16.6 Å². The van der Waals surface area contributed by atoms with Crippen molar-refractivity contribution < 1.29 is 4.79 Å². The summed E-state index contributed by atoms with van der Waals surface area (Å²) in [6.45, 7) is 2.50. The van der Waals surface area contributed by atoms with Crippen LogP contribution < -0.4 is 10.9 Å². The van der Waals surface area contributed by atoms with Gasteiger partial charge in [0.15, 0.2) is 0 Å². The molecule has 4 aromatic rings. The van der Waals surface area contributed by atoms with Crippen molar-refractivity contribution in [3.8, 4) is 0 Å². The number of amides is 1. The maximum atomic E-state index is 13.8. The van der Waals surface area contributed by atoms with E-state index in [1.54, 1.807) is 42.3 Å². The minimum atomic E-state index is -0.349. The predicted octanol–water partition coefficient (Wildman–Crippen LogP) is 5.63. The van der Waals surface area contributed by atoms with Gasteiger partial charge >= 0.3 is 0 Å². The Hall–Kier alpha value is -3.47. The molecule has 8 nitrogen and oxygen atoms in total. The first-order valence-corrected chi connectivity index (χ1v) is 15.9. The summed E-state index contributed by atoms with van der Waals surface area (Å²) < 4.78 is 1.62. The van der Waals surface area contributed by atoms with Gasteiger partial charge < -0.3 is 15.1 Å². The van der Waals surface area contributed by atoms with Gasteiger partial charge in [-0.2, -0.15) is 16.7 Å². The standard InChI is InChI=1S/C31H34N6O2S2/c1-35(2)29(38)25-16-23-17-32-31(33-24-10-8-20(9-11-24)26-19-36(3)13-15-40-26)34-28(23)37(30(25)39)18-22-12-14-41-27(22)21-6-4-5-7-21/h6,8-12,14,16-17,26H,4-5,7,13,15,18-19H2,1-3H3,(H,32,33,34). The Kier molecular flexibility index (Phi) is 7.96. The Balaban J connectivity index is 1.35. The summed E-state index contributed by atoms with van der Waals surface area (Å²) in [4.78, 5) is 41.1. The summed E-state index contributed by atoms with van der Waals surface area (Å²) in [5.74, 6) is 1.21. The third-order valence-corrected chi connectivity index (χ3v) is 9.95. The number of thioether (sulfide) groups is 1. The molecule has 41 heavy (non-hydrogen) atoms. The lowest BCUT2D eigenvalue weighted by molar-refractivity contribution is 0.0825.